The summed E-state index contributed by atoms with van der Waals surface area (Å²) in [6.07, 6.45) is 3.69. The molecular formula is C13H16N2O3S. The molecular weight excluding hydrogens is 264 g/mol. The minimum absolute atomic E-state index is 0.303. The first-order chi connectivity index (χ1) is 9.12. The van der Waals surface area contributed by atoms with Gasteiger partial charge in [-0.25, -0.2) is 13.4 Å². The lowest BCUT2D eigenvalue weighted by Gasteiger charge is -2.10. The van der Waals surface area contributed by atoms with Crippen LogP contribution in [0.15, 0.2) is 24.4 Å². The monoisotopic (exact) mass is 280 g/mol. The Balaban J connectivity index is 2.02. The lowest BCUT2D eigenvalue weighted by molar-refractivity contribution is 0.390. The molecule has 0 saturated carbocycles. The molecule has 2 aromatic rings. The van der Waals surface area contributed by atoms with Crippen molar-refractivity contribution < 1.29 is 13.2 Å². The summed E-state index contributed by atoms with van der Waals surface area (Å²) in [4.78, 5) is 4.35. The van der Waals surface area contributed by atoms with Crippen molar-refractivity contribution in [2.24, 2.45) is 0 Å². The number of hydrogen-bond donors (Lipinski definition) is 0. The van der Waals surface area contributed by atoms with Crippen LogP contribution in [-0.2, 0) is 16.3 Å². The summed E-state index contributed by atoms with van der Waals surface area (Å²) in [6, 6.07) is 5.68. The maximum atomic E-state index is 11.9. The Morgan fingerprint density at radius 1 is 1.47 bits per heavy atom. The Morgan fingerprint density at radius 2 is 2.32 bits per heavy atom. The quantitative estimate of drug-likeness (QED) is 0.854. The first kappa shape index (κ1) is 12.5. The van der Waals surface area contributed by atoms with Crippen LogP contribution in [0.2, 0.25) is 0 Å². The summed E-state index contributed by atoms with van der Waals surface area (Å²) in [5.74, 6) is 1.74. The number of hydrogen-bond acceptors (Lipinski definition) is 4. The third-order valence-electron chi connectivity index (χ3n) is 3.67. The number of pyridine rings is 1. The summed E-state index contributed by atoms with van der Waals surface area (Å²) in [5, 5.41) is -0.303. The van der Waals surface area contributed by atoms with E-state index in [1.54, 1.807) is 13.3 Å². The second-order valence-corrected chi connectivity index (χ2v) is 7.24. The Morgan fingerprint density at radius 3 is 3.00 bits per heavy atom. The van der Waals surface area contributed by atoms with Crippen molar-refractivity contribution in [2.75, 3.05) is 12.9 Å². The Labute approximate surface area is 112 Å². The fourth-order valence-corrected chi connectivity index (χ4v) is 4.51. The minimum Gasteiger partial charge on any atom is -0.482 e. The van der Waals surface area contributed by atoms with Crippen molar-refractivity contribution in [1.29, 1.82) is 0 Å². The molecule has 0 aromatic carbocycles. The van der Waals surface area contributed by atoms with Crippen LogP contribution in [0.1, 0.15) is 18.7 Å². The SMILES string of the molecule is COc1cccc2cnc(CC3CCCS3(=O)=O)n12. The van der Waals surface area contributed by atoms with Crippen LogP contribution in [0.5, 0.6) is 5.88 Å². The molecule has 0 aliphatic carbocycles. The molecule has 0 amide bonds. The third kappa shape index (κ3) is 2.10. The van der Waals surface area contributed by atoms with Crippen molar-refractivity contribution in [1.82, 2.24) is 9.38 Å². The predicted octanol–water partition coefficient (Wildman–Crippen LogP) is 1.46. The Bertz CT molecular complexity index is 706. The first-order valence-electron chi connectivity index (χ1n) is 6.33. The summed E-state index contributed by atoms with van der Waals surface area (Å²) < 4.78 is 31.0. The van der Waals surface area contributed by atoms with E-state index in [1.807, 2.05) is 22.6 Å². The van der Waals surface area contributed by atoms with Crippen molar-refractivity contribution in [3.8, 4) is 5.88 Å². The summed E-state index contributed by atoms with van der Waals surface area (Å²) in [7, 11) is -1.34. The normalized spacial score (nSPS) is 21.8. The second-order valence-electron chi connectivity index (χ2n) is 4.84. The van der Waals surface area contributed by atoms with Gasteiger partial charge in [-0.2, -0.15) is 0 Å². The zero-order valence-corrected chi connectivity index (χ0v) is 11.6. The van der Waals surface area contributed by atoms with Gasteiger partial charge in [0.2, 0.25) is 0 Å². The number of sulfone groups is 1. The van der Waals surface area contributed by atoms with Gasteiger partial charge >= 0.3 is 0 Å². The summed E-state index contributed by atoms with van der Waals surface area (Å²) in [5.41, 5.74) is 0.921. The molecule has 3 heterocycles. The molecule has 1 aliphatic rings. The van der Waals surface area contributed by atoms with Crippen molar-refractivity contribution >= 4 is 15.4 Å². The van der Waals surface area contributed by atoms with Gasteiger partial charge in [0.25, 0.3) is 0 Å². The van der Waals surface area contributed by atoms with E-state index in [0.29, 0.717) is 18.1 Å². The van der Waals surface area contributed by atoms with Crippen molar-refractivity contribution in [2.45, 2.75) is 24.5 Å². The predicted molar refractivity (Wildman–Crippen MR) is 72.3 cm³/mol. The van der Waals surface area contributed by atoms with Gasteiger partial charge in [-0.1, -0.05) is 6.07 Å². The molecule has 0 N–H and O–H groups in total. The number of nitrogens with zero attached hydrogens (tertiary/aromatic N) is 2. The molecule has 0 spiro atoms. The van der Waals surface area contributed by atoms with E-state index >= 15 is 0 Å². The van der Waals surface area contributed by atoms with Crippen LogP contribution in [0.4, 0.5) is 0 Å². The Hall–Kier alpha value is -1.56. The zero-order chi connectivity index (χ0) is 13.5. The van der Waals surface area contributed by atoms with E-state index in [9.17, 15) is 8.42 Å². The maximum absolute atomic E-state index is 11.9. The number of fused-ring (bicyclic) bond motifs is 1. The first-order valence-corrected chi connectivity index (χ1v) is 8.04. The van der Waals surface area contributed by atoms with Crippen LogP contribution >= 0.6 is 0 Å². The highest BCUT2D eigenvalue weighted by Crippen LogP contribution is 2.25. The molecule has 2 aromatic heterocycles. The van der Waals surface area contributed by atoms with Crippen LogP contribution in [0.25, 0.3) is 5.52 Å². The van der Waals surface area contributed by atoms with Gasteiger partial charge in [0.15, 0.2) is 15.7 Å². The zero-order valence-electron chi connectivity index (χ0n) is 10.7. The molecule has 1 saturated heterocycles. The average Bonchev–Trinajstić information content (AvgIpc) is 2.94. The molecule has 1 atom stereocenters. The van der Waals surface area contributed by atoms with Crippen LogP contribution < -0.4 is 4.74 Å². The summed E-state index contributed by atoms with van der Waals surface area (Å²) >= 11 is 0. The molecule has 1 aliphatic heterocycles. The van der Waals surface area contributed by atoms with Crippen molar-refractivity contribution in [3.63, 3.8) is 0 Å². The molecule has 5 nitrogen and oxygen atoms in total. The lowest BCUT2D eigenvalue weighted by Crippen LogP contribution is -2.20. The number of ether oxygens (including phenoxy) is 1. The standard InChI is InChI=1S/C13H16N2O3S/c1-18-13-6-2-4-10-9-14-12(15(10)13)8-11-5-3-7-19(11,16)17/h2,4,6,9,11H,3,5,7-8H2,1H3. The number of methoxy groups -OCH3 is 1. The van der Waals surface area contributed by atoms with Gasteiger partial charge in [-0.3, -0.25) is 4.40 Å². The molecule has 102 valence electrons. The number of rotatable bonds is 3. The van der Waals surface area contributed by atoms with E-state index in [0.717, 1.165) is 24.2 Å². The third-order valence-corrected chi connectivity index (χ3v) is 5.95. The molecule has 0 bridgehead atoms. The highest BCUT2D eigenvalue weighted by Gasteiger charge is 2.32. The molecule has 1 fully saturated rings. The molecule has 19 heavy (non-hydrogen) atoms. The van der Waals surface area contributed by atoms with Crippen molar-refractivity contribution in [3.05, 3.63) is 30.2 Å². The smallest absolute Gasteiger partial charge is 0.199 e. The van der Waals surface area contributed by atoms with Gasteiger partial charge < -0.3 is 4.74 Å². The maximum Gasteiger partial charge on any atom is 0.199 e. The number of imidazole rings is 1. The van der Waals surface area contributed by atoms with Gasteiger partial charge in [-0.05, 0) is 25.0 Å². The van der Waals surface area contributed by atoms with E-state index in [4.69, 9.17) is 4.74 Å². The highest BCUT2D eigenvalue weighted by molar-refractivity contribution is 7.92. The van der Waals surface area contributed by atoms with Gasteiger partial charge in [0.05, 0.1) is 29.8 Å². The van der Waals surface area contributed by atoms with Crippen LogP contribution in [0.3, 0.4) is 0 Å². The van der Waals surface area contributed by atoms with Crippen LogP contribution in [-0.4, -0.2) is 35.9 Å². The topological polar surface area (TPSA) is 60.7 Å². The molecule has 1 unspecified atom stereocenters. The fraction of sp³-hybridized carbons (Fsp3) is 0.462. The van der Waals surface area contributed by atoms with Gasteiger partial charge in [0, 0.05) is 6.42 Å². The van der Waals surface area contributed by atoms with E-state index in [2.05, 4.69) is 4.98 Å². The second kappa shape index (κ2) is 4.52. The van der Waals surface area contributed by atoms with Crippen LogP contribution in [0, 0.1) is 0 Å². The van der Waals surface area contributed by atoms with E-state index in [-0.39, 0.29) is 5.25 Å². The average molecular weight is 280 g/mol. The highest BCUT2D eigenvalue weighted by atomic mass is 32.2. The van der Waals surface area contributed by atoms with Gasteiger partial charge in [-0.15, -0.1) is 0 Å². The molecule has 6 heteroatoms. The van der Waals surface area contributed by atoms with E-state index in [1.165, 1.54) is 0 Å². The largest absolute Gasteiger partial charge is 0.482 e. The Kier molecular flexibility index (Phi) is 2.97. The lowest BCUT2D eigenvalue weighted by atomic mass is 10.2. The number of aromatic nitrogens is 2. The minimum atomic E-state index is -2.95. The van der Waals surface area contributed by atoms with Gasteiger partial charge in [0.1, 0.15) is 5.82 Å². The molecule has 3 rings (SSSR count). The van der Waals surface area contributed by atoms with E-state index < -0.39 is 9.84 Å². The fourth-order valence-electron chi connectivity index (χ4n) is 2.68. The molecule has 0 radical (unpaired) electrons. The summed E-state index contributed by atoms with van der Waals surface area (Å²) in [6.45, 7) is 0.